The van der Waals surface area contributed by atoms with E-state index in [9.17, 15) is 8.76 Å². The van der Waals surface area contributed by atoms with Gasteiger partial charge in [0.25, 0.3) is 0 Å². The summed E-state index contributed by atoms with van der Waals surface area (Å²) in [6, 6.07) is 0. The largest absolute Gasteiger partial charge is 1.00 e. The van der Waals surface area contributed by atoms with Crippen LogP contribution in [0.25, 0.3) is 0 Å². The van der Waals surface area contributed by atoms with Gasteiger partial charge in [-0.15, -0.1) is 0 Å². The molecule has 0 aliphatic carbocycles. The Labute approximate surface area is 67.2 Å². The van der Waals surface area contributed by atoms with Crippen molar-refractivity contribution >= 4 is 11.1 Å². The van der Waals surface area contributed by atoms with Crippen LogP contribution in [0.4, 0.5) is 0 Å². The van der Waals surface area contributed by atoms with E-state index >= 15 is 0 Å². The molecule has 0 rings (SSSR count). The van der Waals surface area contributed by atoms with E-state index in [1.54, 1.807) is 0 Å². The molecular formula is C2H6NNaO2S. The van der Waals surface area contributed by atoms with Gasteiger partial charge in [0.05, 0.1) is 0 Å². The Morgan fingerprint density at radius 1 is 1.71 bits per heavy atom. The molecule has 0 amide bonds. The summed E-state index contributed by atoms with van der Waals surface area (Å²) in [5, 5.41) is 0. The average Bonchev–Trinajstić information content (AvgIpc) is 1.35. The summed E-state index contributed by atoms with van der Waals surface area (Å²) in [6.45, 7) is 0.218. The number of hydrogen-bond donors (Lipinski definition) is 1. The Hall–Kier alpha value is 1.07. The Morgan fingerprint density at radius 3 is 2.14 bits per heavy atom. The SMILES string of the molecule is NCCS(=O)[O-].[Na+]. The van der Waals surface area contributed by atoms with Crippen LogP contribution in [0, 0.1) is 0 Å². The molecule has 0 aromatic carbocycles. The molecule has 0 aromatic heterocycles. The van der Waals surface area contributed by atoms with Gasteiger partial charge in [0.15, 0.2) is 0 Å². The molecule has 0 aliphatic heterocycles. The molecule has 38 valence electrons. The second-order valence-corrected chi connectivity index (χ2v) is 1.81. The van der Waals surface area contributed by atoms with Crippen molar-refractivity contribution in [3.63, 3.8) is 0 Å². The van der Waals surface area contributed by atoms with Crippen molar-refractivity contribution in [1.29, 1.82) is 0 Å². The molecular weight excluding hydrogens is 125 g/mol. The molecule has 2 N–H and O–H groups in total. The van der Waals surface area contributed by atoms with Crippen molar-refractivity contribution in [1.82, 2.24) is 0 Å². The Balaban J connectivity index is 0. The van der Waals surface area contributed by atoms with Crippen molar-refractivity contribution in [3.05, 3.63) is 0 Å². The van der Waals surface area contributed by atoms with E-state index in [-0.39, 0.29) is 41.9 Å². The Kier molecular flexibility index (Phi) is 11.1. The standard InChI is InChI=1S/C2H7NO2S.Na/c3-1-2-6(4)5;/h1-3H2,(H,4,5);/q;+1/p-1. The first-order valence-electron chi connectivity index (χ1n) is 1.53. The van der Waals surface area contributed by atoms with Crippen LogP contribution in [0.1, 0.15) is 0 Å². The van der Waals surface area contributed by atoms with Crippen LogP contribution in [-0.4, -0.2) is 21.1 Å². The summed E-state index contributed by atoms with van der Waals surface area (Å²) < 4.78 is 19.0. The Bertz CT molecular complexity index is 59.7. The van der Waals surface area contributed by atoms with E-state index in [0.717, 1.165) is 0 Å². The molecule has 1 atom stereocenters. The third-order valence-electron chi connectivity index (χ3n) is 0.285. The van der Waals surface area contributed by atoms with Crippen LogP contribution >= 0.6 is 0 Å². The van der Waals surface area contributed by atoms with E-state index in [1.165, 1.54) is 0 Å². The van der Waals surface area contributed by atoms with Crippen molar-refractivity contribution < 1.29 is 38.3 Å². The number of rotatable bonds is 2. The summed E-state index contributed by atoms with van der Waals surface area (Å²) in [6.07, 6.45) is 0. The predicted octanol–water partition coefficient (Wildman–Crippen LogP) is -4.17. The molecule has 0 aliphatic rings. The molecule has 3 nitrogen and oxygen atoms in total. The monoisotopic (exact) mass is 131 g/mol. The minimum atomic E-state index is -1.94. The van der Waals surface area contributed by atoms with Gasteiger partial charge >= 0.3 is 29.6 Å². The number of hydrogen-bond acceptors (Lipinski definition) is 3. The van der Waals surface area contributed by atoms with Crippen molar-refractivity contribution in [3.8, 4) is 0 Å². The molecule has 0 aromatic rings. The van der Waals surface area contributed by atoms with Crippen LogP contribution in [-0.2, 0) is 11.1 Å². The van der Waals surface area contributed by atoms with E-state index in [4.69, 9.17) is 5.73 Å². The molecule has 0 saturated heterocycles. The fourth-order valence-corrected chi connectivity index (χ4v) is 0.289. The first-order valence-corrected chi connectivity index (χ1v) is 2.77. The average molecular weight is 131 g/mol. The topological polar surface area (TPSA) is 66.2 Å². The molecule has 1 unspecified atom stereocenters. The van der Waals surface area contributed by atoms with Gasteiger partial charge in [-0.1, -0.05) is 11.1 Å². The second kappa shape index (κ2) is 7.07. The zero-order valence-corrected chi connectivity index (χ0v) is 7.03. The maximum absolute atomic E-state index is 9.52. The summed E-state index contributed by atoms with van der Waals surface area (Å²) in [7, 11) is 0. The second-order valence-electron chi connectivity index (χ2n) is 0.797. The summed E-state index contributed by atoms with van der Waals surface area (Å²) >= 11 is -1.94. The van der Waals surface area contributed by atoms with Gasteiger partial charge in [0.1, 0.15) is 0 Å². The summed E-state index contributed by atoms with van der Waals surface area (Å²) in [5.41, 5.74) is 4.84. The first kappa shape index (κ1) is 10.9. The van der Waals surface area contributed by atoms with Gasteiger partial charge in [-0.3, -0.25) is 4.21 Å². The minimum absolute atomic E-state index is 0. The van der Waals surface area contributed by atoms with Gasteiger partial charge in [-0.2, -0.15) is 0 Å². The van der Waals surface area contributed by atoms with Crippen LogP contribution in [0.5, 0.6) is 0 Å². The molecule has 0 bridgehead atoms. The van der Waals surface area contributed by atoms with E-state index in [0.29, 0.717) is 0 Å². The summed E-state index contributed by atoms with van der Waals surface area (Å²) in [5.74, 6) is 0.0694. The molecule has 7 heavy (non-hydrogen) atoms. The molecule has 5 heteroatoms. The third-order valence-corrected chi connectivity index (χ3v) is 0.854. The zero-order chi connectivity index (χ0) is 4.99. The molecule has 0 radical (unpaired) electrons. The van der Waals surface area contributed by atoms with E-state index < -0.39 is 11.1 Å². The van der Waals surface area contributed by atoms with Gasteiger partial charge in [-0.05, 0) is 0 Å². The first-order chi connectivity index (χ1) is 2.77. The fraction of sp³-hybridized carbons (Fsp3) is 1.00. The molecule has 0 saturated carbocycles. The van der Waals surface area contributed by atoms with Gasteiger partial charge in [-0.25, -0.2) is 0 Å². The van der Waals surface area contributed by atoms with Crippen molar-refractivity contribution in [2.45, 2.75) is 0 Å². The van der Waals surface area contributed by atoms with Crippen LogP contribution in [0.2, 0.25) is 0 Å². The van der Waals surface area contributed by atoms with Gasteiger partial charge < -0.3 is 10.3 Å². The van der Waals surface area contributed by atoms with Gasteiger partial charge in [0.2, 0.25) is 0 Å². The van der Waals surface area contributed by atoms with Crippen molar-refractivity contribution in [2.75, 3.05) is 12.3 Å². The van der Waals surface area contributed by atoms with E-state index in [1.807, 2.05) is 0 Å². The van der Waals surface area contributed by atoms with Crippen LogP contribution in [0.15, 0.2) is 0 Å². The smallest absolute Gasteiger partial charge is 0.772 e. The van der Waals surface area contributed by atoms with Gasteiger partial charge in [0, 0.05) is 12.3 Å². The maximum atomic E-state index is 9.52. The molecule has 0 fully saturated rings. The van der Waals surface area contributed by atoms with Crippen molar-refractivity contribution in [2.24, 2.45) is 5.73 Å². The predicted molar refractivity (Wildman–Crippen MR) is 22.8 cm³/mol. The fourth-order valence-electron chi connectivity index (χ4n) is 0.0962. The summed E-state index contributed by atoms with van der Waals surface area (Å²) in [4.78, 5) is 0. The zero-order valence-electron chi connectivity index (χ0n) is 4.22. The van der Waals surface area contributed by atoms with Crippen LogP contribution < -0.4 is 35.3 Å². The quantitative estimate of drug-likeness (QED) is 0.305. The molecule has 0 spiro atoms. The Morgan fingerprint density at radius 2 is 2.14 bits per heavy atom. The maximum Gasteiger partial charge on any atom is 1.00 e. The normalized spacial score (nSPS) is 12.3. The molecule has 0 heterocycles. The van der Waals surface area contributed by atoms with Crippen LogP contribution in [0.3, 0.4) is 0 Å². The minimum Gasteiger partial charge on any atom is -0.772 e. The number of nitrogens with two attached hydrogens (primary N) is 1. The van der Waals surface area contributed by atoms with E-state index in [2.05, 4.69) is 0 Å². The third kappa shape index (κ3) is 11.0.